The molecule has 1 unspecified atom stereocenters. The van der Waals surface area contributed by atoms with Crippen LogP contribution in [0.2, 0.25) is 0 Å². The van der Waals surface area contributed by atoms with Crippen molar-refractivity contribution in [3.63, 3.8) is 0 Å². The fourth-order valence-corrected chi connectivity index (χ4v) is 6.42. The van der Waals surface area contributed by atoms with Crippen molar-refractivity contribution < 1.29 is 17.9 Å². The van der Waals surface area contributed by atoms with Crippen LogP contribution in [0.3, 0.4) is 0 Å². The lowest BCUT2D eigenvalue weighted by Crippen LogP contribution is -2.31. The van der Waals surface area contributed by atoms with Crippen molar-refractivity contribution in [3.8, 4) is 17.2 Å². The third-order valence-electron chi connectivity index (χ3n) is 6.24. The molecule has 0 saturated carbocycles. The summed E-state index contributed by atoms with van der Waals surface area (Å²) in [5, 5.41) is 7.86. The number of aryl methyl sites for hydroxylation is 1. The third-order valence-corrected chi connectivity index (χ3v) is 9.26. The van der Waals surface area contributed by atoms with Crippen LogP contribution in [0.25, 0.3) is 5.69 Å². The highest BCUT2D eigenvalue weighted by molar-refractivity contribution is 7.99. The monoisotopic (exact) mass is 518 g/mol. The normalized spacial score (nSPS) is 17.7. The van der Waals surface area contributed by atoms with Gasteiger partial charge < -0.3 is 9.47 Å². The molecule has 1 aromatic carbocycles. The average Bonchev–Trinajstić information content (AvgIpc) is 3.52. The maximum absolute atomic E-state index is 13.5. The summed E-state index contributed by atoms with van der Waals surface area (Å²) in [4.78, 5) is 8.63. The van der Waals surface area contributed by atoms with E-state index in [0.717, 1.165) is 23.5 Å². The van der Waals surface area contributed by atoms with Gasteiger partial charge >= 0.3 is 0 Å². The Hall–Kier alpha value is -2.86. The van der Waals surface area contributed by atoms with Crippen LogP contribution in [-0.4, -0.2) is 64.1 Å². The predicted octanol–water partition coefficient (Wildman–Crippen LogP) is 3.54. The highest BCUT2D eigenvalue weighted by Gasteiger charge is 2.34. The molecule has 188 valence electrons. The molecule has 1 aliphatic rings. The Bertz CT molecular complexity index is 1250. The van der Waals surface area contributed by atoms with E-state index in [0.29, 0.717) is 28.8 Å². The van der Waals surface area contributed by atoms with Gasteiger partial charge in [-0.15, -0.1) is 10.2 Å². The summed E-state index contributed by atoms with van der Waals surface area (Å²) < 4.78 is 42.6. The number of benzene rings is 1. The Morgan fingerprint density at radius 1 is 1.11 bits per heavy atom. The number of anilines is 1. The highest BCUT2D eigenvalue weighted by atomic mass is 32.2. The van der Waals surface area contributed by atoms with Crippen molar-refractivity contribution in [1.29, 1.82) is 0 Å². The second-order valence-electron chi connectivity index (χ2n) is 8.55. The third kappa shape index (κ3) is 5.08. The Labute approximate surface area is 209 Å². The summed E-state index contributed by atoms with van der Waals surface area (Å²) in [5.41, 5.74) is 1.46. The minimum atomic E-state index is -3.89. The summed E-state index contributed by atoms with van der Waals surface area (Å²) in [6, 6.07) is 5.40. The molecule has 4 rings (SSSR count). The number of hydrogen-bond donors (Lipinski definition) is 1. The summed E-state index contributed by atoms with van der Waals surface area (Å²) in [7, 11) is -0.774. The smallest absolute Gasteiger partial charge is 0.243 e. The van der Waals surface area contributed by atoms with Crippen molar-refractivity contribution in [2.45, 2.75) is 44.3 Å². The largest absolute Gasteiger partial charge is 0.494 e. The van der Waals surface area contributed by atoms with E-state index in [2.05, 4.69) is 24.9 Å². The van der Waals surface area contributed by atoms with E-state index in [9.17, 15) is 8.42 Å². The molecule has 0 amide bonds. The molecule has 35 heavy (non-hydrogen) atoms. The standard InChI is InChI=1S/C23H30N6O4S2/c1-14-11-24-21(25-12-14)15(2)16(3)35(30,31)28-23-27-26-22(17-9-10-34-13-17)29(23)20-18(32-4)7-6-8-19(20)33-5/h6-8,11-12,15-17H,9-10,13H2,1-5H3,(H,27,28)/t15-,16-,17?/m0/s1. The van der Waals surface area contributed by atoms with Crippen molar-refractivity contribution in [3.05, 3.63) is 47.8 Å². The Morgan fingerprint density at radius 3 is 2.34 bits per heavy atom. The molecule has 3 atom stereocenters. The molecule has 10 nitrogen and oxygen atoms in total. The summed E-state index contributed by atoms with van der Waals surface area (Å²) >= 11 is 1.83. The van der Waals surface area contributed by atoms with Crippen LogP contribution in [0.15, 0.2) is 30.6 Å². The summed E-state index contributed by atoms with van der Waals surface area (Å²) in [6.45, 7) is 5.31. The SMILES string of the molecule is COc1cccc(OC)c1-n1c(NS(=O)(=O)[C@@H](C)[C@H](C)c2ncc(C)cn2)nnc1C1CCSC1. The van der Waals surface area contributed by atoms with Gasteiger partial charge in [0.25, 0.3) is 0 Å². The number of aromatic nitrogens is 5. The second kappa shape index (κ2) is 10.4. The molecular weight excluding hydrogens is 488 g/mol. The van der Waals surface area contributed by atoms with Crippen molar-refractivity contribution in [1.82, 2.24) is 24.7 Å². The fourth-order valence-electron chi connectivity index (χ4n) is 3.97. The van der Waals surface area contributed by atoms with Crippen LogP contribution in [0.5, 0.6) is 11.5 Å². The first-order valence-corrected chi connectivity index (χ1v) is 14.0. The zero-order chi connectivity index (χ0) is 25.2. The topological polar surface area (TPSA) is 121 Å². The van der Waals surface area contributed by atoms with Gasteiger partial charge in [-0.3, -0.25) is 9.29 Å². The van der Waals surface area contributed by atoms with Crippen molar-refractivity contribution >= 4 is 27.7 Å². The van der Waals surface area contributed by atoms with Crippen LogP contribution in [-0.2, 0) is 10.0 Å². The van der Waals surface area contributed by atoms with Gasteiger partial charge in [0.15, 0.2) is 0 Å². The molecule has 12 heteroatoms. The predicted molar refractivity (Wildman–Crippen MR) is 136 cm³/mol. The Balaban J connectivity index is 1.76. The number of nitrogens with one attached hydrogen (secondary N) is 1. The minimum Gasteiger partial charge on any atom is -0.494 e. The fraction of sp³-hybridized carbons (Fsp3) is 0.478. The van der Waals surface area contributed by atoms with Gasteiger partial charge in [0.2, 0.25) is 16.0 Å². The van der Waals surface area contributed by atoms with Crippen LogP contribution < -0.4 is 14.2 Å². The number of nitrogens with zero attached hydrogens (tertiary/aromatic N) is 5. The number of hydrogen-bond acceptors (Lipinski definition) is 9. The minimum absolute atomic E-state index is 0.0866. The van der Waals surface area contributed by atoms with E-state index in [1.807, 2.05) is 24.8 Å². The molecule has 0 radical (unpaired) electrons. The lowest BCUT2D eigenvalue weighted by molar-refractivity contribution is 0.390. The number of sulfonamides is 1. The Kier molecular flexibility index (Phi) is 7.50. The quantitative estimate of drug-likeness (QED) is 0.453. The molecule has 1 N–H and O–H groups in total. The first-order chi connectivity index (χ1) is 16.8. The Morgan fingerprint density at radius 2 is 1.77 bits per heavy atom. The number of methoxy groups -OCH3 is 2. The van der Waals surface area contributed by atoms with E-state index in [1.54, 1.807) is 57.2 Å². The van der Waals surface area contributed by atoms with Crippen molar-refractivity contribution in [2.75, 3.05) is 30.4 Å². The molecule has 0 aliphatic carbocycles. The number of thioether (sulfide) groups is 1. The first kappa shape index (κ1) is 25.2. The lowest BCUT2D eigenvalue weighted by atomic mass is 10.1. The molecule has 1 saturated heterocycles. The molecule has 3 aromatic rings. The number of ether oxygens (including phenoxy) is 2. The molecule has 0 bridgehead atoms. The van der Waals surface area contributed by atoms with Crippen molar-refractivity contribution in [2.24, 2.45) is 0 Å². The van der Waals surface area contributed by atoms with E-state index in [1.165, 1.54) is 0 Å². The van der Waals surface area contributed by atoms with Crippen LogP contribution in [0.4, 0.5) is 5.95 Å². The van der Waals surface area contributed by atoms with Gasteiger partial charge in [-0.25, -0.2) is 18.4 Å². The maximum atomic E-state index is 13.5. The zero-order valence-corrected chi connectivity index (χ0v) is 22.1. The molecular formula is C23H30N6O4S2. The maximum Gasteiger partial charge on any atom is 0.243 e. The number of rotatable bonds is 9. The lowest BCUT2D eigenvalue weighted by Gasteiger charge is -2.22. The van der Waals surface area contributed by atoms with Gasteiger partial charge in [0.05, 0.1) is 19.5 Å². The van der Waals surface area contributed by atoms with Crippen LogP contribution in [0, 0.1) is 6.92 Å². The van der Waals surface area contributed by atoms with E-state index < -0.39 is 21.2 Å². The first-order valence-electron chi connectivity index (χ1n) is 11.3. The summed E-state index contributed by atoms with van der Waals surface area (Å²) in [6.07, 6.45) is 4.29. The molecule has 1 aliphatic heterocycles. The van der Waals surface area contributed by atoms with Crippen LogP contribution >= 0.6 is 11.8 Å². The summed E-state index contributed by atoms with van der Waals surface area (Å²) in [5.74, 6) is 3.81. The average molecular weight is 519 g/mol. The van der Waals surface area contributed by atoms with Gasteiger partial charge in [-0.1, -0.05) is 13.0 Å². The highest BCUT2D eigenvalue weighted by Crippen LogP contribution is 2.40. The van der Waals surface area contributed by atoms with E-state index >= 15 is 0 Å². The molecule has 2 aromatic heterocycles. The van der Waals surface area contributed by atoms with Crippen LogP contribution in [0.1, 0.15) is 49.3 Å². The van der Waals surface area contributed by atoms with E-state index in [-0.39, 0.29) is 11.9 Å². The zero-order valence-electron chi connectivity index (χ0n) is 20.4. The van der Waals surface area contributed by atoms with Gasteiger partial charge in [-0.2, -0.15) is 11.8 Å². The second-order valence-corrected chi connectivity index (χ2v) is 11.7. The van der Waals surface area contributed by atoms with Gasteiger partial charge in [-0.05, 0) is 43.7 Å². The molecule has 0 spiro atoms. The molecule has 1 fully saturated rings. The van der Waals surface area contributed by atoms with E-state index in [4.69, 9.17) is 9.47 Å². The van der Waals surface area contributed by atoms with Gasteiger partial charge in [0.1, 0.15) is 28.8 Å². The number of para-hydroxylation sites is 1. The molecule has 3 heterocycles. The van der Waals surface area contributed by atoms with Gasteiger partial charge in [0, 0.05) is 30.0 Å².